The SMILES string of the molecule is Cc1cc[c-]c(-c2nc3ccccc3o2)c1.Cc1cc[c-]c(-c2nc3ccccc3o2)c1.[CH2-][n+]1c(-c2[c-]ccc(C)c2)oc2ccccc21.[Ir]. The summed E-state index contributed by atoms with van der Waals surface area (Å²) in [5, 5.41) is 0. The van der Waals surface area contributed by atoms with Gasteiger partial charge in [0.05, 0.1) is 11.0 Å². The van der Waals surface area contributed by atoms with Gasteiger partial charge in [-0.25, -0.2) is 0 Å². The summed E-state index contributed by atoms with van der Waals surface area (Å²) in [7, 11) is 4.02. The van der Waals surface area contributed by atoms with Crippen LogP contribution in [0.1, 0.15) is 16.7 Å². The van der Waals surface area contributed by atoms with Crippen molar-refractivity contribution in [1.29, 1.82) is 0 Å². The molecule has 3 heterocycles. The molecule has 0 spiro atoms. The summed E-state index contributed by atoms with van der Waals surface area (Å²) in [6.07, 6.45) is 0. The molecule has 0 unspecified atom stereocenters. The molecule has 0 fully saturated rings. The van der Waals surface area contributed by atoms with Gasteiger partial charge in [0.2, 0.25) is 0 Å². The minimum Gasteiger partial charge on any atom is -0.481 e. The number of hydrogen-bond donors (Lipinski definition) is 0. The molecule has 0 saturated heterocycles. The van der Waals surface area contributed by atoms with Gasteiger partial charge in [-0.2, -0.15) is 0 Å². The summed E-state index contributed by atoms with van der Waals surface area (Å²) in [6, 6.07) is 50.6. The number of fused-ring (bicyclic) bond motifs is 3. The number of aromatic nitrogens is 3. The van der Waals surface area contributed by atoms with Gasteiger partial charge in [0, 0.05) is 27.2 Å². The van der Waals surface area contributed by atoms with E-state index in [1.165, 1.54) is 16.7 Å². The van der Waals surface area contributed by atoms with Crippen LogP contribution in [0, 0.1) is 46.0 Å². The van der Waals surface area contributed by atoms with Crippen LogP contribution in [0.2, 0.25) is 0 Å². The Hall–Kier alpha value is -5.75. The first-order chi connectivity index (χ1) is 23.9. The number of para-hydroxylation sites is 6. The third-order valence-corrected chi connectivity index (χ3v) is 7.76. The molecule has 0 atom stereocenters. The van der Waals surface area contributed by atoms with Gasteiger partial charge in [0.25, 0.3) is 5.89 Å². The average molecular weight is 831 g/mol. The molecular weight excluding hydrogens is 799 g/mol. The van der Waals surface area contributed by atoms with E-state index in [4.69, 9.17) is 13.3 Å². The van der Waals surface area contributed by atoms with Crippen LogP contribution in [-0.4, -0.2) is 9.97 Å². The van der Waals surface area contributed by atoms with Gasteiger partial charge in [-0.1, -0.05) is 68.3 Å². The Balaban J connectivity index is 0.000000128. The second-order valence-electron chi connectivity index (χ2n) is 11.6. The zero-order chi connectivity index (χ0) is 33.7. The molecule has 0 aliphatic heterocycles. The number of rotatable bonds is 3. The molecule has 6 nitrogen and oxygen atoms in total. The Morgan fingerprint density at radius 2 is 0.940 bits per heavy atom. The number of oxazole rings is 3. The fourth-order valence-electron chi connectivity index (χ4n) is 5.32. The summed E-state index contributed by atoms with van der Waals surface area (Å²) >= 11 is 0. The van der Waals surface area contributed by atoms with Crippen LogP contribution in [0.5, 0.6) is 0 Å². The van der Waals surface area contributed by atoms with Crippen LogP contribution in [0.25, 0.3) is 67.7 Å². The van der Waals surface area contributed by atoms with Gasteiger partial charge in [0.15, 0.2) is 5.52 Å². The van der Waals surface area contributed by atoms with Crippen LogP contribution in [-0.2, 0) is 20.1 Å². The topological polar surface area (TPSA) is 69.1 Å². The van der Waals surface area contributed by atoms with E-state index in [9.17, 15) is 0 Å². The van der Waals surface area contributed by atoms with E-state index in [-0.39, 0.29) is 20.1 Å². The van der Waals surface area contributed by atoms with Crippen molar-refractivity contribution in [2.75, 3.05) is 0 Å². The first-order valence-corrected chi connectivity index (χ1v) is 15.8. The first-order valence-electron chi connectivity index (χ1n) is 15.8. The standard InChI is InChI=1S/C15H12NO.2C14H10NO.Ir/c1-11-6-5-7-12(10-11)15-16(2)13-8-3-4-9-14(13)17-15;2*1-10-5-4-6-11(9-10)14-15-12-7-2-3-8-13(12)16-14;/h3-6,8-10H,2H2,1H3;2*2-5,7-9H,1H3;/q3*-1;. The van der Waals surface area contributed by atoms with Crippen molar-refractivity contribution >= 4 is 33.3 Å². The van der Waals surface area contributed by atoms with Crippen LogP contribution in [0.3, 0.4) is 0 Å². The van der Waals surface area contributed by atoms with E-state index in [1.807, 2.05) is 148 Å². The van der Waals surface area contributed by atoms with Crippen LogP contribution >= 0.6 is 0 Å². The van der Waals surface area contributed by atoms with Crippen LogP contribution < -0.4 is 4.57 Å². The summed E-state index contributed by atoms with van der Waals surface area (Å²) in [5.74, 6) is 1.99. The number of nitrogens with zero attached hydrogens (tertiary/aromatic N) is 3. The van der Waals surface area contributed by atoms with Gasteiger partial charge >= 0.3 is 0 Å². The molecule has 6 aromatic carbocycles. The summed E-state index contributed by atoms with van der Waals surface area (Å²) in [6.45, 7) is 6.13. The van der Waals surface area contributed by atoms with E-state index in [2.05, 4.69) is 35.2 Å². The van der Waals surface area contributed by atoms with Crippen molar-refractivity contribution in [3.8, 4) is 34.4 Å². The summed E-state index contributed by atoms with van der Waals surface area (Å²) in [5.41, 5.74) is 11.5. The maximum absolute atomic E-state index is 5.81. The maximum atomic E-state index is 5.81. The molecular formula is C43H32IrN3O3-3. The van der Waals surface area contributed by atoms with Crippen LogP contribution in [0.15, 0.2) is 141 Å². The van der Waals surface area contributed by atoms with Gasteiger partial charge in [0.1, 0.15) is 28.5 Å². The quantitative estimate of drug-likeness (QED) is 0.131. The molecule has 50 heavy (non-hydrogen) atoms. The van der Waals surface area contributed by atoms with Gasteiger partial charge < -0.3 is 13.3 Å². The third kappa shape index (κ3) is 7.60. The number of aryl methyl sites for hydroxylation is 3. The van der Waals surface area contributed by atoms with E-state index in [0.29, 0.717) is 11.8 Å². The predicted molar refractivity (Wildman–Crippen MR) is 192 cm³/mol. The van der Waals surface area contributed by atoms with Gasteiger partial charge in [-0.3, -0.25) is 14.5 Å². The Kier molecular flexibility index (Phi) is 10.4. The zero-order valence-corrected chi connectivity index (χ0v) is 30.1. The van der Waals surface area contributed by atoms with E-state index in [1.54, 1.807) is 4.57 Å². The Morgan fingerprint density at radius 1 is 0.520 bits per heavy atom. The number of benzene rings is 6. The normalized spacial score (nSPS) is 10.6. The first kappa shape index (κ1) is 34.1. The molecule has 0 bridgehead atoms. The Morgan fingerprint density at radius 3 is 1.40 bits per heavy atom. The maximum Gasteiger partial charge on any atom is 0.279 e. The van der Waals surface area contributed by atoms with Crippen molar-refractivity contribution in [2.24, 2.45) is 0 Å². The monoisotopic (exact) mass is 831 g/mol. The summed E-state index contributed by atoms with van der Waals surface area (Å²) < 4.78 is 18.9. The van der Waals surface area contributed by atoms with Crippen molar-refractivity contribution < 1.29 is 37.9 Å². The van der Waals surface area contributed by atoms with Crippen molar-refractivity contribution in [3.63, 3.8) is 0 Å². The predicted octanol–water partition coefficient (Wildman–Crippen LogP) is 10.3. The van der Waals surface area contributed by atoms with Crippen molar-refractivity contribution in [1.82, 2.24) is 9.97 Å². The van der Waals surface area contributed by atoms with Crippen LogP contribution in [0.4, 0.5) is 0 Å². The minimum absolute atomic E-state index is 0. The Labute approximate surface area is 304 Å². The largest absolute Gasteiger partial charge is 0.481 e. The molecule has 0 aliphatic carbocycles. The molecule has 3 aromatic heterocycles. The van der Waals surface area contributed by atoms with E-state index < -0.39 is 0 Å². The number of hydrogen-bond acceptors (Lipinski definition) is 5. The van der Waals surface area contributed by atoms with Crippen molar-refractivity contribution in [3.05, 3.63) is 169 Å². The van der Waals surface area contributed by atoms with E-state index >= 15 is 0 Å². The molecule has 0 amide bonds. The molecule has 0 aliphatic rings. The molecule has 9 aromatic rings. The van der Waals surface area contributed by atoms with Crippen molar-refractivity contribution in [2.45, 2.75) is 20.8 Å². The Bertz CT molecular complexity index is 2350. The average Bonchev–Trinajstić information content (AvgIpc) is 3.85. The molecule has 0 saturated carbocycles. The fourth-order valence-corrected chi connectivity index (χ4v) is 5.32. The molecule has 1 radical (unpaired) electrons. The van der Waals surface area contributed by atoms with Gasteiger partial charge in [-0.15, -0.1) is 89.5 Å². The third-order valence-electron chi connectivity index (χ3n) is 7.76. The second-order valence-corrected chi connectivity index (χ2v) is 11.6. The van der Waals surface area contributed by atoms with Gasteiger partial charge in [-0.05, 0) is 42.0 Å². The smallest absolute Gasteiger partial charge is 0.279 e. The zero-order valence-electron chi connectivity index (χ0n) is 27.7. The summed E-state index contributed by atoms with van der Waals surface area (Å²) in [4.78, 5) is 8.85. The molecule has 0 N–H and O–H groups in total. The second kappa shape index (κ2) is 15.2. The molecule has 7 heteroatoms. The minimum atomic E-state index is 0. The van der Waals surface area contributed by atoms with E-state index in [0.717, 1.165) is 55.9 Å². The molecule has 9 rings (SSSR count). The molecule has 249 valence electrons. The fraction of sp³-hybridized carbons (Fsp3) is 0.0698.